The molecule has 2 nitrogen and oxygen atoms in total. The van der Waals surface area contributed by atoms with Gasteiger partial charge in [0.05, 0.1) is 16.1 Å². The number of hydrogen-bond acceptors (Lipinski definition) is 3. The van der Waals surface area contributed by atoms with Crippen molar-refractivity contribution in [3.63, 3.8) is 0 Å². The molecule has 1 heterocycles. The van der Waals surface area contributed by atoms with E-state index in [9.17, 15) is 0 Å². The fraction of sp³-hybridized carbons (Fsp3) is 0.308. The highest BCUT2D eigenvalue weighted by Gasteiger charge is 2.07. The lowest BCUT2D eigenvalue weighted by atomic mass is 10.0. The van der Waals surface area contributed by atoms with Crippen LogP contribution in [0.25, 0.3) is 10.4 Å². The van der Waals surface area contributed by atoms with Crippen LogP contribution in [-0.2, 0) is 6.54 Å². The largest absolute Gasteiger partial charge is 0.325 e. The first-order valence-electron chi connectivity index (χ1n) is 5.45. The van der Waals surface area contributed by atoms with Crippen LogP contribution in [0.2, 0.25) is 0 Å². The van der Waals surface area contributed by atoms with Crippen molar-refractivity contribution < 1.29 is 0 Å². The van der Waals surface area contributed by atoms with Crippen molar-refractivity contribution >= 4 is 11.3 Å². The van der Waals surface area contributed by atoms with Gasteiger partial charge in [0.1, 0.15) is 0 Å². The van der Waals surface area contributed by atoms with Crippen LogP contribution in [0.15, 0.2) is 29.8 Å². The third kappa shape index (κ3) is 2.15. The average molecular weight is 232 g/mol. The van der Waals surface area contributed by atoms with Gasteiger partial charge in [0.15, 0.2) is 0 Å². The Morgan fingerprint density at radius 2 is 1.94 bits per heavy atom. The molecule has 0 saturated carbocycles. The summed E-state index contributed by atoms with van der Waals surface area (Å²) in [7, 11) is 0. The molecule has 16 heavy (non-hydrogen) atoms. The zero-order chi connectivity index (χ0) is 11.5. The highest BCUT2D eigenvalue weighted by molar-refractivity contribution is 7.13. The van der Waals surface area contributed by atoms with Crippen molar-refractivity contribution in [2.24, 2.45) is 5.73 Å². The minimum absolute atomic E-state index is 0.505. The van der Waals surface area contributed by atoms with Gasteiger partial charge >= 0.3 is 0 Å². The molecule has 1 aromatic carbocycles. The quantitative estimate of drug-likeness (QED) is 0.881. The molecule has 0 aliphatic heterocycles. The van der Waals surface area contributed by atoms with Crippen LogP contribution in [0.5, 0.6) is 0 Å². The molecule has 2 rings (SSSR count). The summed E-state index contributed by atoms with van der Waals surface area (Å²) in [4.78, 5) is 5.45. The molecule has 0 aliphatic rings. The summed E-state index contributed by atoms with van der Waals surface area (Å²) in [6, 6.07) is 8.67. The van der Waals surface area contributed by atoms with E-state index in [0.29, 0.717) is 12.5 Å². The van der Waals surface area contributed by atoms with Crippen molar-refractivity contribution in [3.8, 4) is 10.4 Å². The van der Waals surface area contributed by atoms with Crippen molar-refractivity contribution in [2.45, 2.75) is 26.3 Å². The summed E-state index contributed by atoms with van der Waals surface area (Å²) >= 11 is 1.65. The van der Waals surface area contributed by atoms with Gasteiger partial charge < -0.3 is 5.73 Å². The van der Waals surface area contributed by atoms with Crippen molar-refractivity contribution in [1.29, 1.82) is 0 Å². The zero-order valence-electron chi connectivity index (χ0n) is 9.60. The fourth-order valence-corrected chi connectivity index (χ4v) is 2.50. The number of aromatic nitrogens is 1. The Morgan fingerprint density at radius 1 is 1.25 bits per heavy atom. The van der Waals surface area contributed by atoms with E-state index in [2.05, 4.69) is 43.1 Å². The SMILES string of the molecule is CC(C)c1ccc(-c2scnc2CN)cc1. The maximum atomic E-state index is 5.65. The van der Waals surface area contributed by atoms with Gasteiger partial charge in [-0.3, -0.25) is 0 Å². The lowest BCUT2D eigenvalue weighted by Gasteiger charge is -2.06. The van der Waals surface area contributed by atoms with E-state index in [0.717, 1.165) is 5.69 Å². The Labute approximate surface area is 100 Å². The van der Waals surface area contributed by atoms with Gasteiger partial charge in [0, 0.05) is 6.54 Å². The number of nitrogens with two attached hydrogens (primary N) is 1. The number of rotatable bonds is 3. The second-order valence-corrected chi connectivity index (χ2v) is 4.96. The van der Waals surface area contributed by atoms with E-state index in [1.165, 1.54) is 16.0 Å². The summed E-state index contributed by atoms with van der Waals surface area (Å²) in [5, 5.41) is 0. The summed E-state index contributed by atoms with van der Waals surface area (Å²) in [6.07, 6.45) is 0. The molecule has 3 heteroatoms. The first kappa shape index (κ1) is 11.3. The Kier molecular flexibility index (Phi) is 3.36. The third-order valence-electron chi connectivity index (χ3n) is 2.67. The highest BCUT2D eigenvalue weighted by atomic mass is 32.1. The van der Waals surface area contributed by atoms with Crippen LogP contribution >= 0.6 is 11.3 Å². The summed E-state index contributed by atoms with van der Waals surface area (Å²) in [5.74, 6) is 0.574. The van der Waals surface area contributed by atoms with E-state index in [1.54, 1.807) is 11.3 Å². The first-order chi connectivity index (χ1) is 7.72. The molecule has 0 saturated heterocycles. The van der Waals surface area contributed by atoms with Gasteiger partial charge in [-0.15, -0.1) is 11.3 Å². The van der Waals surface area contributed by atoms with E-state index >= 15 is 0 Å². The maximum absolute atomic E-state index is 5.65. The average Bonchev–Trinajstić information content (AvgIpc) is 2.77. The van der Waals surface area contributed by atoms with Crippen LogP contribution in [0.4, 0.5) is 0 Å². The Bertz CT molecular complexity index is 457. The Balaban J connectivity index is 2.35. The van der Waals surface area contributed by atoms with Gasteiger partial charge in [-0.25, -0.2) is 4.98 Å². The summed E-state index contributed by atoms with van der Waals surface area (Å²) < 4.78 is 0. The van der Waals surface area contributed by atoms with Crippen molar-refractivity contribution in [1.82, 2.24) is 4.98 Å². The standard InChI is InChI=1S/C13H16N2S/c1-9(2)10-3-5-11(6-4-10)13-12(7-14)15-8-16-13/h3-6,8-9H,7,14H2,1-2H3. The van der Waals surface area contributed by atoms with Crippen LogP contribution in [0.1, 0.15) is 31.0 Å². The highest BCUT2D eigenvalue weighted by Crippen LogP contribution is 2.28. The van der Waals surface area contributed by atoms with E-state index in [-0.39, 0.29) is 0 Å². The molecule has 0 bridgehead atoms. The molecule has 0 aliphatic carbocycles. The fourth-order valence-electron chi connectivity index (χ4n) is 1.67. The number of benzene rings is 1. The van der Waals surface area contributed by atoms with Gasteiger partial charge in [0.25, 0.3) is 0 Å². The van der Waals surface area contributed by atoms with E-state index in [4.69, 9.17) is 5.73 Å². The number of hydrogen-bond donors (Lipinski definition) is 1. The summed E-state index contributed by atoms with van der Waals surface area (Å²) in [5.41, 5.74) is 11.1. The van der Waals surface area contributed by atoms with Crippen molar-refractivity contribution in [2.75, 3.05) is 0 Å². The predicted octanol–water partition coefficient (Wildman–Crippen LogP) is 3.39. The summed E-state index contributed by atoms with van der Waals surface area (Å²) in [6.45, 7) is 4.91. The molecule has 0 spiro atoms. The Hall–Kier alpha value is -1.19. The molecule has 0 radical (unpaired) electrons. The van der Waals surface area contributed by atoms with Gasteiger partial charge in [0.2, 0.25) is 0 Å². The monoisotopic (exact) mass is 232 g/mol. The van der Waals surface area contributed by atoms with E-state index < -0.39 is 0 Å². The molecule has 84 valence electrons. The molecule has 0 fully saturated rings. The number of thiazole rings is 1. The molecule has 1 aromatic heterocycles. The first-order valence-corrected chi connectivity index (χ1v) is 6.33. The topological polar surface area (TPSA) is 38.9 Å². The smallest absolute Gasteiger partial charge is 0.0802 e. The van der Waals surface area contributed by atoms with Gasteiger partial charge in [-0.1, -0.05) is 38.1 Å². The van der Waals surface area contributed by atoms with Crippen LogP contribution in [0.3, 0.4) is 0 Å². The lowest BCUT2D eigenvalue weighted by molar-refractivity contribution is 0.867. The zero-order valence-corrected chi connectivity index (χ0v) is 10.4. The molecule has 0 amide bonds. The second kappa shape index (κ2) is 4.76. The minimum Gasteiger partial charge on any atom is -0.325 e. The predicted molar refractivity (Wildman–Crippen MR) is 69.5 cm³/mol. The molecule has 2 aromatic rings. The molecular weight excluding hydrogens is 216 g/mol. The maximum Gasteiger partial charge on any atom is 0.0802 e. The van der Waals surface area contributed by atoms with Crippen LogP contribution in [-0.4, -0.2) is 4.98 Å². The Morgan fingerprint density at radius 3 is 2.50 bits per heavy atom. The molecular formula is C13H16N2S. The molecule has 0 unspecified atom stereocenters. The normalized spacial score (nSPS) is 11.0. The van der Waals surface area contributed by atoms with Gasteiger partial charge in [-0.05, 0) is 17.0 Å². The van der Waals surface area contributed by atoms with Crippen LogP contribution in [0, 0.1) is 0 Å². The third-order valence-corrected chi connectivity index (χ3v) is 3.59. The minimum atomic E-state index is 0.505. The van der Waals surface area contributed by atoms with Crippen molar-refractivity contribution in [3.05, 3.63) is 41.0 Å². The molecule has 0 atom stereocenters. The van der Waals surface area contributed by atoms with E-state index in [1.807, 2.05) is 5.51 Å². The van der Waals surface area contributed by atoms with Crippen LogP contribution < -0.4 is 5.73 Å². The molecule has 2 N–H and O–H groups in total. The number of nitrogens with zero attached hydrogens (tertiary/aromatic N) is 1. The lowest BCUT2D eigenvalue weighted by Crippen LogP contribution is -1.97. The second-order valence-electron chi connectivity index (χ2n) is 4.11. The van der Waals surface area contributed by atoms with Gasteiger partial charge in [-0.2, -0.15) is 0 Å².